The third-order valence-corrected chi connectivity index (χ3v) is 6.36. The number of hydrogen-bond acceptors (Lipinski definition) is 6. The quantitative estimate of drug-likeness (QED) is 0.831. The Balaban J connectivity index is 1.75. The Bertz CT molecular complexity index is 708. The Hall–Kier alpha value is -1.64. The molecular weight excluding hydrogens is 344 g/mol. The predicted octanol–water partition coefficient (Wildman–Crippen LogP) is 0.455. The fourth-order valence-electron chi connectivity index (χ4n) is 3.28. The van der Waals surface area contributed by atoms with Crippen LogP contribution >= 0.6 is 0 Å². The summed E-state index contributed by atoms with van der Waals surface area (Å²) in [5.74, 6) is 0.0395. The molecule has 2 heterocycles. The van der Waals surface area contributed by atoms with Crippen LogP contribution in [0.5, 0.6) is 0 Å². The molecule has 2 atom stereocenters. The molecule has 7 nitrogen and oxygen atoms in total. The Morgan fingerprint density at radius 2 is 2.00 bits per heavy atom. The lowest BCUT2D eigenvalue weighted by molar-refractivity contribution is -0.0349. The summed E-state index contributed by atoms with van der Waals surface area (Å²) in [6.07, 6.45) is 0.678. The van der Waals surface area contributed by atoms with Crippen LogP contribution in [-0.2, 0) is 19.3 Å². The summed E-state index contributed by atoms with van der Waals surface area (Å²) in [6.45, 7) is 1.86. The van der Waals surface area contributed by atoms with Gasteiger partial charge < -0.3 is 19.7 Å². The van der Waals surface area contributed by atoms with E-state index < -0.39 is 9.84 Å². The molecule has 1 N–H and O–H groups in total. The first-order valence-corrected chi connectivity index (χ1v) is 10.3. The third kappa shape index (κ3) is 4.31. The van der Waals surface area contributed by atoms with E-state index in [1.165, 1.54) is 0 Å². The van der Waals surface area contributed by atoms with Crippen molar-refractivity contribution in [2.75, 3.05) is 49.8 Å². The minimum Gasteiger partial charge on any atom is -0.379 e. The van der Waals surface area contributed by atoms with E-state index in [-0.39, 0.29) is 29.6 Å². The smallest absolute Gasteiger partial charge is 0.253 e. The molecule has 0 aliphatic carbocycles. The molecule has 0 spiro atoms. The van der Waals surface area contributed by atoms with Crippen LogP contribution in [0.15, 0.2) is 24.3 Å². The van der Waals surface area contributed by atoms with E-state index >= 15 is 0 Å². The van der Waals surface area contributed by atoms with Crippen LogP contribution in [0.2, 0.25) is 0 Å². The van der Waals surface area contributed by atoms with E-state index in [4.69, 9.17) is 9.47 Å². The van der Waals surface area contributed by atoms with Gasteiger partial charge in [-0.15, -0.1) is 0 Å². The van der Waals surface area contributed by atoms with Crippen molar-refractivity contribution in [1.82, 2.24) is 5.32 Å². The van der Waals surface area contributed by atoms with Crippen LogP contribution in [0.25, 0.3) is 0 Å². The lowest BCUT2D eigenvalue weighted by Crippen LogP contribution is -2.50. The van der Waals surface area contributed by atoms with Crippen molar-refractivity contribution >= 4 is 21.4 Å². The predicted molar refractivity (Wildman–Crippen MR) is 94.8 cm³/mol. The third-order valence-electron chi connectivity index (χ3n) is 4.75. The van der Waals surface area contributed by atoms with Crippen LogP contribution < -0.4 is 10.2 Å². The number of benzene rings is 1. The van der Waals surface area contributed by atoms with Gasteiger partial charge in [-0.25, -0.2) is 8.42 Å². The average molecular weight is 368 g/mol. The Morgan fingerprint density at radius 3 is 2.72 bits per heavy atom. The number of carbonyl (C=O) groups is 1. The molecule has 0 aromatic heterocycles. The van der Waals surface area contributed by atoms with Crippen molar-refractivity contribution in [1.29, 1.82) is 0 Å². The monoisotopic (exact) mass is 368 g/mol. The zero-order valence-corrected chi connectivity index (χ0v) is 15.1. The van der Waals surface area contributed by atoms with Crippen LogP contribution in [0.1, 0.15) is 16.8 Å². The minimum atomic E-state index is -2.97. The molecule has 25 heavy (non-hydrogen) atoms. The molecule has 138 valence electrons. The van der Waals surface area contributed by atoms with Crippen molar-refractivity contribution < 1.29 is 22.7 Å². The number of sulfone groups is 1. The van der Waals surface area contributed by atoms with Crippen molar-refractivity contribution in [3.8, 4) is 0 Å². The first kappa shape index (κ1) is 18.2. The Labute approximate surface area is 148 Å². The maximum atomic E-state index is 12.8. The first-order chi connectivity index (χ1) is 12.0. The number of ether oxygens (including phenoxy) is 2. The maximum Gasteiger partial charge on any atom is 0.253 e. The van der Waals surface area contributed by atoms with Gasteiger partial charge in [0.1, 0.15) is 0 Å². The van der Waals surface area contributed by atoms with Gasteiger partial charge >= 0.3 is 0 Å². The lowest BCUT2D eigenvalue weighted by Gasteiger charge is -2.32. The topological polar surface area (TPSA) is 84.9 Å². The normalized spacial score (nSPS) is 26.2. The van der Waals surface area contributed by atoms with Gasteiger partial charge in [0.25, 0.3) is 5.91 Å². The van der Waals surface area contributed by atoms with Crippen molar-refractivity contribution in [3.63, 3.8) is 0 Å². The zero-order valence-electron chi connectivity index (χ0n) is 14.3. The van der Waals surface area contributed by atoms with Gasteiger partial charge in [0.2, 0.25) is 0 Å². The summed E-state index contributed by atoms with van der Waals surface area (Å²) in [7, 11) is -1.33. The zero-order chi connectivity index (χ0) is 17.9. The molecule has 1 aromatic rings. The van der Waals surface area contributed by atoms with Crippen LogP contribution in [0, 0.1) is 0 Å². The molecule has 0 radical (unpaired) electrons. The van der Waals surface area contributed by atoms with E-state index in [1.807, 2.05) is 23.1 Å². The standard InChI is InChI=1S/C17H24N2O5S/c1-23-16-6-9-24-12-14(16)18-17(20)13-4-2-3-5-15(13)19-7-10-25(21,22)11-8-19/h2-5,14,16H,6-12H2,1H3,(H,18,20)/t14-,16-/m1/s1. The summed E-state index contributed by atoms with van der Waals surface area (Å²) in [5, 5.41) is 3.00. The maximum absolute atomic E-state index is 12.8. The molecule has 0 unspecified atom stereocenters. The first-order valence-electron chi connectivity index (χ1n) is 8.46. The van der Waals surface area contributed by atoms with Gasteiger partial charge in [0, 0.05) is 32.5 Å². The highest BCUT2D eigenvalue weighted by atomic mass is 32.2. The van der Waals surface area contributed by atoms with Crippen LogP contribution in [0.4, 0.5) is 5.69 Å². The highest BCUT2D eigenvalue weighted by molar-refractivity contribution is 7.91. The second kappa shape index (κ2) is 7.72. The summed E-state index contributed by atoms with van der Waals surface area (Å²) in [6, 6.07) is 7.10. The van der Waals surface area contributed by atoms with Crippen molar-refractivity contribution in [3.05, 3.63) is 29.8 Å². The molecule has 0 saturated carbocycles. The molecule has 2 aliphatic heterocycles. The Morgan fingerprint density at radius 1 is 1.28 bits per heavy atom. The largest absolute Gasteiger partial charge is 0.379 e. The van der Waals surface area contributed by atoms with Gasteiger partial charge in [-0.3, -0.25) is 4.79 Å². The van der Waals surface area contributed by atoms with Crippen molar-refractivity contribution in [2.24, 2.45) is 0 Å². The lowest BCUT2D eigenvalue weighted by atomic mass is 10.0. The number of para-hydroxylation sites is 1. The number of hydrogen-bond donors (Lipinski definition) is 1. The minimum absolute atomic E-state index is 0.0648. The van der Waals surface area contributed by atoms with Crippen LogP contribution in [0.3, 0.4) is 0 Å². The summed E-state index contributed by atoms with van der Waals surface area (Å²) in [5.41, 5.74) is 1.31. The molecule has 8 heteroatoms. The SMILES string of the molecule is CO[C@@H]1CCOC[C@H]1NC(=O)c1ccccc1N1CCS(=O)(=O)CC1. The van der Waals surface area contributed by atoms with E-state index in [0.29, 0.717) is 31.9 Å². The highest BCUT2D eigenvalue weighted by Crippen LogP contribution is 2.23. The Kier molecular flexibility index (Phi) is 5.61. The van der Waals surface area contributed by atoms with Gasteiger partial charge in [-0.1, -0.05) is 12.1 Å². The second-order valence-corrected chi connectivity index (χ2v) is 8.68. The molecule has 0 bridgehead atoms. The molecule has 1 aromatic carbocycles. The number of nitrogens with one attached hydrogen (secondary N) is 1. The van der Waals surface area contributed by atoms with Gasteiger partial charge in [-0.2, -0.15) is 0 Å². The van der Waals surface area contributed by atoms with E-state index in [2.05, 4.69) is 5.32 Å². The van der Waals surface area contributed by atoms with Gasteiger partial charge in [-0.05, 0) is 18.6 Å². The molecule has 2 saturated heterocycles. The average Bonchev–Trinajstić information content (AvgIpc) is 2.62. The van der Waals surface area contributed by atoms with E-state index in [0.717, 1.165) is 12.1 Å². The number of anilines is 1. The molecule has 2 aliphatic rings. The highest BCUT2D eigenvalue weighted by Gasteiger charge is 2.29. The van der Waals surface area contributed by atoms with Gasteiger partial charge in [0.15, 0.2) is 9.84 Å². The van der Waals surface area contributed by atoms with Crippen molar-refractivity contribution in [2.45, 2.75) is 18.6 Å². The fourth-order valence-corrected chi connectivity index (χ4v) is 4.48. The number of carbonyl (C=O) groups excluding carboxylic acids is 1. The second-order valence-electron chi connectivity index (χ2n) is 6.37. The molecule has 3 rings (SSSR count). The number of amides is 1. The van der Waals surface area contributed by atoms with E-state index in [9.17, 15) is 13.2 Å². The van der Waals surface area contributed by atoms with E-state index in [1.54, 1.807) is 13.2 Å². The van der Waals surface area contributed by atoms with Crippen LogP contribution in [-0.4, -0.2) is 71.4 Å². The fraction of sp³-hybridized carbons (Fsp3) is 0.588. The number of nitrogens with zero attached hydrogens (tertiary/aromatic N) is 1. The molecule has 1 amide bonds. The molecular formula is C17H24N2O5S. The summed E-state index contributed by atoms with van der Waals surface area (Å²) in [4.78, 5) is 14.8. The molecule has 2 fully saturated rings. The number of methoxy groups -OCH3 is 1. The van der Waals surface area contributed by atoms with Gasteiger partial charge in [0.05, 0.1) is 35.8 Å². The summed E-state index contributed by atoms with van der Waals surface area (Å²) >= 11 is 0. The number of rotatable bonds is 4. The summed E-state index contributed by atoms with van der Waals surface area (Å²) < 4.78 is 34.2.